The van der Waals surface area contributed by atoms with Crippen molar-refractivity contribution in [3.63, 3.8) is 0 Å². The molecule has 2 saturated carbocycles. The molecule has 90 valence electrons. The topological polar surface area (TPSA) is 38.7 Å². The fourth-order valence-electron chi connectivity index (χ4n) is 2.62. The van der Waals surface area contributed by atoms with Crippen LogP contribution >= 0.6 is 0 Å². The highest BCUT2D eigenvalue weighted by Gasteiger charge is 2.47. The summed E-state index contributed by atoms with van der Waals surface area (Å²) < 4.78 is 11.7. The second-order valence-corrected chi connectivity index (χ2v) is 5.65. The lowest BCUT2D eigenvalue weighted by molar-refractivity contribution is -0.138. The Bertz CT molecular complexity index is 472. The van der Waals surface area contributed by atoms with Crippen molar-refractivity contribution in [2.45, 2.75) is 49.9 Å². The lowest BCUT2D eigenvalue weighted by atomic mass is 9.91. The Hall–Kier alpha value is -1.22. The van der Waals surface area contributed by atoms with Gasteiger partial charge < -0.3 is 14.6 Å². The third-order valence-electron chi connectivity index (χ3n) is 4.08. The number of fused-ring (bicyclic) bond motifs is 1. The maximum atomic E-state index is 9.92. The molecular weight excluding hydrogens is 216 g/mol. The van der Waals surface area contributed by atoms with Crippen molar-refractivity contribution in [3.8, 4) is 11.5 Å². The fourth-order valence-corrected chi connectivity index (χ4v) is 2.62. The first-order valence-electron chi connectivity index (χ1n) is 6.40. The van der Waals surface area contributed by atoms with Crippen LogP contribution in [0.1, 0.15) is 37.7 Å². The van der Waals surface area contributed by atoms with Crippen molar-refractivity contribution in [2.75, 3.05) is 0 Å². The van der Waals surface area contributed by atoms with E-state index in [0.717, 1.165) is 49.2 Å². The van der Waals surface area contributed by atoms with E-state index < -0.39 is 5.60 Å². The van der Waals surface area contributed by atoms with Crippen LogP contribution in [-0.2, 0) is 6.42 Å². The summed E-state index contributed by atoms with van der Waals surface area (Å²) in [6.45, 7) is 0. The van der Waals surface area contributed by atoms with Crippen molar-refractivity contribution in [3.05, 3.63) is 23.8 Å². The highest BCUT2D eigenvalue weighted by molar-refractivity contribution is 5.46. The summed E-state index contributed by atoms with van der Waals surface area (Å²) >= 11 is 0. The Morgan fingerprint density at radius 2 is 1.82 bits per heavy atom. The van der Waals surface area contributed by atoms with Crippen LogP contribution in [0.15, 0.2) is 18.2 Å². The molecule has 17 heavy (non-hydrogen) atoms. The molecule has 0 amide bonds. The molecule has 1 aromatic carbocycles. The first kappa shape index (κ1) is 9.77. The van der Waals surface area contributed by atoms with Gasteiger partial charge in [-0.15, -0.1) is 0 Å². The van der Waals surface area contributed by atoms with Crippen molar-refractivity contribution in [2.24, 2.45) is 0 Å². The molecule has 0 radical (unpaired) electrons. The summed E-state index contributed by atoms with van der Waals surface area (Å²) in [6, 6.07) is 6.04. The van der Waals surface area contributed by atoms with Crippen LogP contribution in [0, 0.1) is 0 Å². The van der Waals surface area contributed by atoms with E-state index in [2.05, 4.69) is 0 Å². The van der Waals surface area contributed by atoms with Gasteiger partial charge in [0.05, 0.1) is 5.60 Å². The van der Waals surface area contributed by atoms with Gasteiger partial charge in [0.1, 0.15) is 0 Å². The molecule has 0 aromatic heterocycles. The van der Waals surface area contributed by atoms with Crippen molar-refractivity contribution in [1.29, 1.82) is 0 Å². The maximum Gasteiger partial charge on any atom is 0.251 e. The normalized spacial score (nSPS) is 25.7. The quantitative estimate of drug-likeness (QED) is 0.851. The van der Waals surface area contributed by atoms with E-state index >= 15 is 0 Å². The first-order chi connectivity index (χ1) is 8.17. The van der Waals surface area contributed by atoms with Gasteiger partial charge in [0.2, 0.25) is 0 Å². The zero-order chi connectivity index (χ0) is 11.5. The first-order valence-corrected chi connectivity index (χ1v) is 6.40. The number of hydrogen-bond donors (Lipinski definition) is 1. The third-order valence-corrected chi connectivity index (χ3v) is 4.08. The molecule has 3 heteroatoms. The number of rotatable bonds is 2. The molecule has 3 aliphatic rings. The van der Waals surface area contributed by atoms with Gasteiger partial charge in [0, 0.05) is 19.3 Å². The molecule has 3 nitrogen and oxygen atoms in total. The summed E-state index contributed by atoms with van der Waals surface area (Å²) in [5, 5.41) is 9.92. The molecule has 0 unspecified atom stereocenters. The smallest absolute Gasteiger partial charge is 0.251 e. The van der Waals surface area contributed by atoms with Gasteiger partial charge in [-0.25, -0.2) is 0 Å². The lowest BCUT2D eigenvalue weighted by Gasteiger charge is -2.35. The van der Waals surface area contributed by atoms with E-state index in [9.17, 15) is 5.11 Å². The molecule has 1 spiro atoms. The summed E-state index contributed by atoms with van der Waals surface area (Å²) in [5.74, 6) is 1.36. The van der Waals surface area contributed by atoms with Crippen molar-refractivity contribution in [1.82, 2.24) is 0 Å². The minimum absolute atomic E-state index is 0.350. The summed E-state index contributed by atoms with van der Waals surface area (Å²) in [4.78, 5) is 0. The van der Waals surface area contributed by atoms with Gasteiger partial charge in [-0.3, -0.25) is 0 Å². The van der Waals surface area contributed by atoms with Gasteiger partial charge in [-0.1, -0.05) is 6.07 Å². The van der Waals surface area contributed by atoms with Gasteiger partial charge >= 0.3 is 0 Å². The van der Waals surface area contributed by atoms with Crippen LogP contribution in [0.5, 0.6) is 11.5 Å². The highest BCUT2D eigenvalue weighted by atomic mass is 16.7. The van der Waals surface area contributed by atoms with Crippen LogP contribution in [-0.4, -0.2) is 16.5 Å². The minimum Gasteiger partial charge on any atom is -0.448 e. The highest BCUT2D eigenvalue weighted by Crippen LogP contribution is 2.49. The van der Waals surface area contributed by atoms with E-state index in [1.54, 1.807) is 0 Å². The molecule has 0 atom stereocenters. The average Bonchev–Trinajstić information content (AvgIpc) is 2.84. The predicted octanol–water partition coefficient (Wildman–Crippen LogP) is 2.41. The second kappa shape index (κ2) is 2.96. The van der Waals surface area contributed by atoms with E-state index in [1.165, 1.54) is 6.42 Å². The Kier molecular flexibility index (Phi) is 1.70. The Morgan fingerprint density at radius 3 is 2.47 bits per heavy atom. The van der Waals surface area contributed by atoms with Crippen LogP contribution in [0.2, 0.25) is 0 Å². The van der Waals surface area contributed by atoms with E-state index in [-0.39, 0.29) is 5.79 Å². The Labute approximate surface area is 100 Å². The molecule has 1 aromatic rings. The van der Waals surface area contributed by atoms with Gasteiger partial charge in [-0.05, 0) is 37.0 Å². The molecule has 4 rings (SSSR count). The maximum absolute atomic E-state index is 9.92. The second-order valence-electron chi connectivity index (χ2n) is 5.65. The summed E-state index contributed by atoms with van der Waals surface area (Å²) in [7, 11) is 0. The SMILES string of the molecule is OC1(Cc2ccc3c(c2)OC2(CCC2)O3)CC1. The molecule has 0 saturated heterocycles. The van der Waals surface area contributed by atoms with Gasteiger partial charge in [-0.2, -0.15) is 0 Å². The summed E-state index contributed by atoms with van der Waals surface area (Å²) in [6.07, 6.45) is 5.73. The Balaban J connectivity index is 1.59. The molecule has 2 fully saturated rings. The van der Waals surface area contributed by atoms with Crippen LogP contribution in [0.3, 0.4) is 0 Å². The zero-order valence-corrected chi connectivity index (χ0v) is 9.74. The molecule has 1 N–H and O–H groups in total. The fraction of sp³-hybridized carbons (Fsp3) is 0.571. The van der Waals surface area contributed by atoms with Gasteiger partial charge in [0.25, 0.3) is 5.79 Å². The Morgan fingerprint density at radius 1 is 1.06 bits per heavy atom. The monoisotopic (exact) mass is 232 g/mol. The number of hydrogen-bond acceptors (Lipinski definition) is 3. The predicted molar refractivity (Wildman–Crippen MR) is 62.2 cm³/mol. The number of benzene rings is 1. The third kappa shape index (κ3) is 1.53. The van der Waals surface area contributed by atoms with Gasteiger partial charge in [0.15, 0.2) is 11.5 Å². The standard InChI is InChI=1S/C14H16O3/c15-13(6-7-13)9-10-2-3-11-12(8-10)17-14(16-11)4-1-5-14/h2-3,8,15H,1,4-7,9H2. The average molecular weight is 232 g/mol. The summed E-state index contributed by atoms with van der Waals surface area (Å²) in [5.41, 5.74) is 0.700. The lowest BCUT2D eigenvalue weighted by Crippen LogP contribution is -2.45. The molecule has 0 bridgehead atoms. The van der Waals surface area contributed by atoms with E-state index in [1.807, 2.05) is 18.2 Å². The van der Waals surface area contributed by atoms with Crippen LogP contribution < -0.4 is 9.47 Å². The van der Waals surface area contributed by atoms with Crippen molar-refractivity contribution >= 4 is 0 Å². The molecule has 1 heterocycles. The minimum atomic E-state index is -0.443. The number of ether oxygens (including phenoxy) is 2. The van der Waals surface area contributed by atoms with Crippen LogP contribution in [0.4, 0.5) is 0 Å². The largest absolute Gasteiger partial charge is 0.448 e. The molecule has 2 aliphatic carbocycles. The van der Waals surface area contributed by atoms with Crippen molar-refractivity contribution < 1.29 is 14.6 Å². The van der Waals surface area contributed by atoms with E-state index in [0.29, 0.717) is 0 Å². The van der Waals surface area contributed by atoms with Crippen LogP contribution in [0.25, 0.3) is 0 Å². The zero-order valence-electron chi connectivity index (χ0n) is 9.74. The molecule has 1 aliphatic heterocycles. The number of aliphatic hydroxyl groups is 1. The van der Waals surface area contributed by atoms with E-state index in [4.69, 9.17) is 9.47 Å². The molecular formula is C14H16O3.